The SMILES string of the molecule is CC(CCNc1cccc2c1C(=O)N(C1CCC(=O)NC1=O)C2=O)S(=O)(=O)O. The van der Waals surface area contributed by atoms with Crippen LogP contribution in [0.3, 0.4) is 0 Å². The summed E-state index contributed by atoms with van der Waals surface area (Å²) in [6, 6.07) is 3.54. The topological polar surface area (TPSA) is 150 Å². The Kier molecular flexibility index (Phi) is 5.22. The maximum absolute atomic E-state index is 12.9. The molecule has 0 radical (unpaired) electrons. The van der Waals surface area contributed by atoms with Crippen LogP contribution in [0.2, 0.25) is 0 Å². The van der Waals surface area contributed by atoms with Gasteiger partial charge < -0.3 is 5.32 Å². The van der Waals surface area contributed by atoms with Crippen LogP contribution in [-0.2, 0) is 19.7 Å². The Morgan fingerprint density at radius 1 is 1.25 bits per heavy atom. The highest BCUT2D eigenvalue weighted by Crippen LogP contribution is 2.32. The minimum atomic E-state index is -4.16. The number of hydrogen-bond donors (Lipinski definition) is 3. The molecule has 1 saturated heterocycles. The van der Waals surface area contributed by atoms with Gasteiger partial charge in [0.2, 0.25) is 11.8 Å². The van der Waals surface area contributed by atoms with Gasteiger partial charge in [-0.1, -0.05) is 6.07 Å². The van der Waals surface area contributed by atoms with Crippen LogP contribution in [-0.4, -0.2) is 59.3 Å². The van der Waals surface area contributed by atoms with Gasteiger partial charge in [0.1, 0.15) is 6.04 Å². The van der Waals surface area contributed by atoms with Gasteiger partial charge in [-0.05, 0) is 31.9 Å². The molecule has 11 heteroatoms. The molecule has 0 spiro atoms. The highest BCUT2D eigenvalue weighted by Gasteiger charge is 2.45. The fraction of sp³-hybridized carbons (Fsp3) is 0.412. The number of carbonyl (C=O) groups is 4. The Bertz CT molecular complexity index is 973. The molecule has 150 valence electrons. The Balaban J connectivity index is 1.80. The van der Waals surface area contributed by atoms with Crippen molar-refractivity contribution in [2.24, 2.45) is 0 Å². The van der Waals surface area contributed by atoms with Crippen molar-refractivity contribution in [3.05, 3.63) is 29.3 Å². The lowest BCUT2D eigenvalue weighted by atomic mass is 10.0. The van der Waals surface area contributed by atoms with Crippen molar-refractivity contribution in [3.8, 4) is 0 Å². The Morgan fingerprint density at radius 2 is 1.96 bits per heavy atom. The van der Waals surface area contributed by atoms with E-state index in [1.165, 1.54) is 13.0 Å². The van der Waals surface area contributed by atoms with E-state index in [9.17, 15) is 27.6 Å². The van der Waals surface area contributed by atoms with Crippen molar-refractivity contribution in [2.75, 3.05) is 11.9 Å². The summed E-state index contributed by atoms with van der Waals surface area (Å²) < 4.78 is 31.2. The van der Waals surface area contributed by atoms with E-state index in [-0.39, 0.29) is 36.9 Å². The summed E-state index contributed by atoms with van der Waals surface area (Å²) in [4.78, 5) is 49.8. The largest absolute Gasteiger partial charge is 0.384 e. The zero-order valence-corrected chi connectivity index (χ0v) is 15.8. The van der Waals surface area contributed by atoms with E-state index in [0.717, 1.165) is 4.90 Å². The first kappa shape index (κ1) is 20.0. The minimum absolute atomic E-state index is 0.0302. The monoisotopic (exact) mass is 409 g/mol. The van der Waals surface area contributed by atoms with Gasteiger partial charge in [0.05, 0.1) is 16.4 Å². The quantitative estimate of drug-likeness (QED) is 0.444. The zero-order chi connectivity index (χ0) is 20.6. The minimum Gasteiger partial charge on any atom is -0.384 e. The zero-order valence-electron chi connectivity index (χ0n) is 15.0. The molecule has 2 aliphatic rings. The number of rotatable bonds is 6. The predicted octanol–water partition coefficient (Wildman–Crippen LogP) is 0.166. The van der Waals surface area contributed by atoms with Crippen molar-refractivity contribution in [1.29, 1.82) is 0 Å². The number of piperidine rings is 1. The molecule has 0 aromatic heterocycles. The number of anilines is 1. The lowest BCUT2D eigenvalue weighted by Crippen LogP contribution is -2.54. The first-order chi connectivity index (χ1) is 13.1. The molecular weight excluding hydrogens is 390 g/mol. The van der Waals surface area contributed by atoms with E-state index in [1.807, 2.05) is 0 Å². The smallest absolute Gasteiger partial charge is 0.267 e. The molecule has 0 saturated carbocycles. The summed E-state index contributed by atoms with van der Waals surface area (Å²) in [6.07, 6.45) is 0.175. The molecule has 10 nitrogen and oxygen atoms in total. The van der Waals surface area contributed by atoms with Crippen LogP contribution >= 0.6 is 0 Å². The van der Waals surface area contributed by atoms with Gasteiger partial charge in [0.25, 0.3) is 21.9 Å². The lowest BCUT2D eigenvalue weighted by molar-refractivity contribution is -0.136. The average Bonchev–Trinajstić information content (AvgIpc) is 2.86. The van der Waals surface area contributed by atoms with Crippen molar-refractivity contribution in [1.82, 2.24) is 10.2 Å². The molecule has 2 atom stereocenters. The molecule has 28 heavy (non-hydrogen) atoms. The molecule has 3 N–H and O–H groups in total. The fourth-order valence-electron chi connectivity index (χ4n) is 3.22. The third-order valence-corrected chi connectivity index (χ3v) is 6.10. The Morgan fingerprint density at radius 3 is 2.61 bits per heavy atom. The van der Waals surface area contributed by atoms with Crippen LogP contribution in [0.25, 0.3) is 0 Å². The molecule has 2 unspecified atom stereocenters. The standard InChI is InChI=1S/C17H19N3O7S/c1-9(28(25,26)27)7-8-18-11-4-2-3-10-14(11)17(24)20(16(10)23)12-5-6-13(21)19-15(12)22/h2-4,9,12,18H,5-8H2,1H3,(H,19,21,22)(H,25,26,27). The van der Waals surface area contributed by atoms with Crippen LogP contribution in [0.15, 0.2) is 18.2 Å². The molecule has 4 amide bonds. The predicted molar refractivity (Wildman–Crippen MR) is 97.2 cm³/mol. The average molecular weight is 409 g/mol. The summed E-state index contributed by atoms with van der Waals surface area (Å²) in [5.74, 6) is -2.42. The van der Waals surface area contributed by atoms with Crippen molar-refractivity contribution >= 4 is 39.4 Å². The maximum Gasteiger partial charge on any atom is 0.267 e. The molecule has 2 aliphatic heterocycles. The Hall–Kier alpha value is -2.79. The first-order valence-electron chi connectivity index (χ1n) is 8.66. The molecule has 0 bridgehead atoms. The van der Waals surface area contributed by atoms with E-state index < -0.39 is 45.0 Å². The van der Waals surface area contributed by atoms with E-state index in [2.05, 4.69) is 10.6 Å². The van der Waals surface area contributed by atoms with Crippen LogP contribution in [0.1, 0.15) is 46.9 Å². The highest BCUT2D eigenvalue weighted by molar-refractivity contribution is 7.86. The number of carbonyl (C=O) groups excluding carboxylic acids is 4. The summed E-state index contributed by atoms with van der Waals surface area (Å²) in [6.45, 7) is 1.49. The molecule has 1 aromatic carbocycles. The number of amides is 4. The summed E-state index contributed by atoms with van der Waals surface area (Å²) in [5, 5.41) is 4.05. The third-order valence-electron chi connectivity index (χ3n) is 4.84. The maximum atomic E-state index is 12.9. The molecule has 2 heterocycles. The fourth-order valence-corrected chi connectivity index (χ4v) is 3.64. The number of fused-ring (bicyclic) bond motifs is 1. The van der Waals surface area contributed by atoms with Crippen molar-refractivity contribution in [3.63, 3.8) is 0 Å². The number of nitrogens with zero attached hydrogens (tertiary/aromatic N) is 1. The van der Waals surface area contributed by atoms with Crippen molar-refractivity contribution in [2.45, 2.75) is 37.5 Å². The molecular formula is C17H19N3O7S. The molecule has 0 aliphatic carbocycles. The molecule has 1 fully saturated rings. The normalized spacial score (nSPS) is 20.8. The van der Waals surface area contributed by atoms with Gasteiger partial charge in [-0.3, -0.25) is 33.9 Å². The van der Waals surface area contributed by atoms with E-state index in [0.29, 0.717) is 5.69 Å². The second kappa shape index (κ2) is 7.32. The number of imide groups is 2. The number of hydrogen-bond acceptors (Lipinski definition) is 7. The second-order valence-corrected chi connectivity index (χ2v) is 8.55. The van der Waals surface area contributed by atoms with Crippen LogP contribution < -0.4 is 10.6 Å². The van der Waals surface area contributed by atoms with E-state index >= 15 is 0 Å². The Labute approximate surface area is 161 Å². The van der Waals surface area contributed by atoms with Gasteiger partial charge >= 0.3 is 0 Å². The summed E-state index contributed by atoms with van der Waals surface area (Å²) in [7, 11) is -4.16. The lowest BCUT2D eigenvalue weighted by Gasteiger charge is -2.27. The summed E-state index contributed by atoms with van der Waals surface area (Å²) in [5.41, 5.74) is 0.549. The number of nitrogens with one attached hydrogen (secondary N) is 2. The second-order valence-electron chi connectivity index (χ2n) is 6.72. The van der Waals surface area contributed by atoms with Gasteiger partial charge in [-0.25, -0.2) is 0 Å². The van der Waals surface area contributed by atoms with Crippen LogP contribution in [0.5, 0.6) is 0 Å². The molecule has 1 aromatic rings. The van der Waals surface area contributed by atoms with E-state index in [1.54, 1.807) is 12.1 Å². The van der Waals surface area contributed by atoms with E-state index in [4.69, 9.17) is 4.55 Å². The molecule has 3 rings (SSSR count). The number of benzene rings is 1. The van der Waals surface area contributed by atoms with Gasteiger partial charge in [0.15, 0.2) is 0 Å². The van der Waals surface area contributed by atoms with Gasteiger partial charge in [-0.2, -0.15) is 8.42 Å². The third kappa shape index (κ3) is 3.62. The first-order valence-corrected chi connectivity index (χ1v) is 10.2. The van der Waals surface area contributed by atoms with Gasteiger partial charge in [-0.15, -0.1) is 0 Å². The van der Waals surface area contributed by atoms with Crippen LogP contribution in [0, 0.1) is 0 Å². The van der Waals surface area contributed by atoms with Crippen LogP contribution in [0.4, 0.5) is 5.69 Å². The summed E-state index contributed by atoms with van der Waals surface area (Å²) >= 11 is 0. The van der Waals surface area contributed by atoms with Gasteiger partial charge in [0, 0.05) is 18.7 Å². The highest BCUT2D eigenvalue weighted by atomic mass is 32.2. The van der Waals surface area contributed by atoms with Crippen molar-refractivity contribution < 1.29 is 32.1 Å².